The quantitative estimate of drug-likeness (QED) is 0.195. The van der Waals surface area contributed by atoms with Crippen LogP contribution >= 0.6 is 36.6 Å². The van der Waals surface area contributed by atoms with Crippen LogP contribution in [0.3, 0.4) is 0 Å². The van der Waals surface area contributed by atoms with Crippen molar-refractivity contribution in [3.8, 4) is 0 Å². The van der Waals surface area contributed by atoms with E-state index >= 15 is 0 Å². The van der Waals surface area contributed by atoms with Crippen LogP contribution < -0.4 is 0 Å². The number of pyridine rings is 1. The Morgan fingerprint density at radius 2 is 1.58 bits per heavy atom. The predicted molar refractivity (Wildman–Crippen MR) is 167 cm³/mol. The fourth-order valence-electron chi connectivity index (χ4n) is 5.73. The lowest BCUT2D eigenvalue weighted by Gasteiger charge is -2.42. The summed E-state index contributed by atoms with van der Waals surface area (Å²) in [5, 5.41) is 0. The summed E-state index contributed by atoms with van der Waals surface area (Å²) in [7, 11) is 0. The van der Waals surface area contributed by atoms with E-state index in [9.17, 15) is 31.1 Å². The van der Waals surface area contributed by atoms with Gasteiger partial charge in [-0.3, -0.25) is 19.6 Å². The van der Waals surface area contributed by atoms with Crippen molar-refractivity contribution >= 4 is 42.5 Å². The monoisotopic (exact) mass is 694 g/mol. The van der Waals surface area contributed by atoms with Gasteiger partial charge < -0.3 is 4.90 Å². The molecule has 1 saturated heterocycles. The third kappa shape index (κ3) is 9.28. The minimum Gasteiger partial charge on any atom is -0.333 e. The molecule has 2 aliphatic rings. The largest absolute Gasteiger partial charge is 0.416 e. The van der Waals surface area contributed by atoms with Gasteiger partial charge in [-0.2, -0.15) is 26.3 Å². The zero-order valence-electron chi connectivity index (χ0n) is 24.4. The highest BCUT2D eigenvalue weighted by molar-refractivity contribution is 7.98. The summed E-state index contributed by atoms with van der Waals surface area (Å²) in [6, 6.07) is 11.8. The summed E-state index contributed by atoms with van der Waals surface area (Å²) in [4.78, 5) is 24.7. The number of carbonyl (C=O) groups is 1. The summed E-state index contributed by atoms with van der Waals surface area (Å²) in [5.41, 5.74) is 1.23. The van der Waals surface area contributed by atoms with Crippen molar-refractivity contribution in [3.63, 3.8) is 0 Å². The SMILES string of the molecule is CSc1cc(C(=O)N2CCN(CCN3CCc4ncccc4C3)C[C@H]2Cc2ccc(C(F)(F)F)cc2)cc(C(F)(F)F)c1.Cl.Cl. The molecule has 0 aliphatic carbocycles. The number of aromatic nitrogens is 1. The van der Waals surface area contributed by atoms with E-state index in [4.69, 9.17) is 0 Å². The van der Waals surface area contributed by atoms with Crippen LogP contribution in [0, 0.1) is 0 Å². The molecule has 1 fully saturated rings. The van der Waals surface area contributed by atoms with Crippen molar-refractivity contribution in [1.29, 1.82) is 0 Å². The highest BCUT2D eigenvalue weighted by Gasteiger charge is 2.35. The van der Waals surface area contributed by atoms with Gasteiger partial charge in [0.2, 0.25) is 0 Å². The zero-order chi connectivity index (χ0) is 30.8. The molecular formula is C31H34Cl2F6N4OS. The van der Waals surface area contributed by atoms with Gasteiger partial charge in [0.05, 0.1) is 11.1 Å². The van der Waals surface area contributed by atoms with E-state index in [-0.39, 0.29) is 36.8 Å². The van der Waals surface area contributed by atoms with Crippen LogP contribution in [0.15, 0.2) is 65.7 Å². The molecule has 2 aromatic carbocycles. The summed E-state index contributed by atoms with van der Waals surface area (Å²) in [6.45, 7) is 4.47. The Bertz CT molecular complexity index is 1440. The molecule has 2 aliphatic heterocycles. The zero-order valence-corrected chi connectivity index (χ0v) is 26.9. The van der Waals surface area contributed by atoms with Crippen molar-refractivity contribution < 1.29 is 31.1 Å². The molecule has 1 atom stereocenters. The maximum Gasteiger partial charge on any atom is 0.416 e. The van der Waals surface area contributed by atoms with Gasteiger partial charge in [-0.1, -0.05) is 18.2 Å². The fourth-order valence-corrected chi connectivity index (χ4v) is 6.22. The molecule has 45 heavy (non-hydrogen) atoms. The van der Waals surface area contributed by atoms with Crippen LogP contribution in [0.5, 0.6) is 0 Å². The van der Waals surface area contributed by atoms with Gasteiger partial charge in [0.1, 0.15) is 0 Å². The fraction of sp³-hybridized carbons (Fsp3) is 0.419. The van der Waals surface area contributed by atoms with Crippen LogP contribution in [-0.4, -0.2) is 77.2 Å². The molecule has 3 heterocycles. The number of nitrogens with zero attached hydrogens (tertiary/aromatic N) is 4. The molecule has 0 radical (unpaired) electrons. The summed E-state index contributed by atoms with van der Waals surface area (Å²) >= 11 is 1.12. The number of halogens is 8. The molecule has 1 aromatic heterocycles. The second-order valence-corrected chi connectivity index (χ2v) is 11.8. The number of amides is 1. The first kappa shape index (κ1) is 37.0. The second kappa shape index (κ2) is 15.4. The lowest BCUT2D eigenvalue weighted by molar-refractivity contribution is -0.138. The average molecular weight is 696 g/mol. The van der Waals surface area contributed by atoms with E-state index in [1.54, 1.807) is 17.4 Å². The Morgan fingerprint density at radius 1 is 0.889 bits per heavy atom. The smallest absolute Gasteiger partial charge is 0.333 e. The van der Waals surface area contributed by atoms with Crippen molar-refractivity contribution in [2.24, 2.45) is 0 Å². The first-order valence-corrected chi connectivity index (χ1v) is 15.2. The number of carbonyl (C=O) groups excluding carboxylic acids is 1. The standard InChI is InChI=1S/C31H32F6N4OS.2ClH/c1-43-27-17-23(16-25(18-27)31(35,36)37)29(42)41-14-13-40(12-11-39-10-8-28-22(19-39)3-2-9-38-28)20-26(41)15-21-4-6-24(7-5-21)30(32,33)34;;/h2-7,9,16-18,26H,8,10-15,19-20H2,1H3;2*1H/t26-;;/m1../s1. The molecule has 0 spiro atoms. The number of hydrogen-bond donors (Lipinski definition) is 0. The molecule has 3 aromatic rings. The lowest BCUT2D eigenvalue weighted by atomic mass is 9.99. The maximum absolute atomic E-state index is 13.7. The molecule has 246 valence electrons. The van der Waals surface area contributed by atoms with Gasteiger partial charge >= 0.3 is 12.4 Å². The highest BCUT2D eigenvalue weighted by Crippen LogP contribution is 2.34. The van der Waals surface area contributed by atoms with Gasteiger partial charge in [-0.15, -0.1) is 36.6 Å². The number of benzene rings is 2. The average Bonchev–Trinajstić information content (AvgIpc) is 2.99. The summed E-state index contributed by atoms with van der Waals surface area (Å²) < 4.78 is 80.2. The van der Waals surface area contributed by atoms with E-state index < -0.39 is 35.4 Å². The molecule has 5 nitrogen and oxygen atoms in total. The minimum atomic E-state index is -4.61. The van der Waals surface area contributed by atoms with E-state index in [1.807, 2.05) is 6.07 Å². The van der Waals surface area contributed by atoms with E-state index in [0.717, 1.165) is 74.3 Å². The molecule has 14 heteroatoms. The third-order valence-electron chi connectivity index (χ3n) is 8.07. The molecule has 0 N–H and O–H groups in total. The van der Waals surface area contributed by atoms with Crippen LogP contribution in [0.1, 0.15) is 38.3 Å². The number of rotatable bonds is 7. The number of fused-ring (bicyclic) bond motifs is 1. The predicted octanol–water partition coefficient (Wildman–Crippen LogP) is 7.11. The Labute approximate surface area is 275 Å². The summed E-state index contributed by atoms with van der Waals surface area (Å²) in [6.07, 6.45) is -4.49. The lowest BCUT2D eigenvalue weighted by Crippen LogP contribution is -2.57. The number of thioether (sulfide) groups is 1. The van der Waals surface area contributed by atoms with Crippen LogP contribution in [0.2, 0.25) is 0 Å². The Hall–Kier alpha value is -2.51. The van der Waals surface area contributed by atoms with Crippen molar-refractivity contribution in [3.05, 3.63) is 94.3 Å². The van der Waals surface area contributed by atoms with Gasteiger partial charge in [0.25, 0.3) is 5.91 Å². The molecular weight excluding hydrogens is 661 g/mol. The van der Waals surface area contributed by atoms with Crippen molar-refractivity contribution in [2.45, 2.75) is 42.7 Å². The normalized spacial score (nSPS) is 17.7. The molecule has 0 unspecified atom stereocenters. The second-order valence-electron chi connectivity index (χ2n) is 10.9. The molecule has 1 amide bonds. The highest BCUT2D eigenvalue weighted by atomic mass is 35.5. The Kier molecular flexibility index (Phi) is 12.6. The number of alkyl halides is 6. The van der Waals surface area contributed by atoms with Gasteiger partial charge in [0.15, 0.2) is 0 Å². The van der Waals surface area contributed by atoms with Crippen LogP contribution in [0.4, 0.5) is 26.3 Å². The van der Waals surface area contributed by atoms with Crippen LogP contribution in [-0.2, 0) is 31.7 Å². The first-order valence-electron chi connectivity index (χ1n) is 14.0. The Balaban J connectivity index is 0.00000276. The van der Waals surface area contributed by atoms with Gasteiger partial charge in [-0.05, 0) is 60.2 Å². The summed E-state index contributed by atoms with van der Waals surface area (Å²) in [5.74, 6) is -0.516. The minimum absolute atomic E-state index is 0. The maximum atomic E-state index is 13.7. The van der Waals surface area contributed by atoms with E-state index in [1.165, 1.54) is 23.8 Å². The number of hydrogen-bond acceptors (Lipinski definition) is 5. The first-order chi connectivity index (χ1) is 20.4. The van der Waals surface area contributed by atoms with Gasteiger partial charge in [-0.25, -0.2) is 0 Å². The number of piperazine rings is 1. The topological polar surface area (TPSA) is 39.7 Å². The molecule has 5 rings (SSSR count). The molecule has 0 saturated carbocycles. The third-order valence-corrected chi connectivity index (χ3v) is 8.78. The van der Waals surface area contributed by atoms with E-state index in [0.29, 0.717) is 30.1 Å². The Morgan fingerprint density at radius 3 is 2.24 bits per heavy atom. The van der Waals surface area contributed by atoms with Crippen molar-refractivity contribution in [1.82, 2.24) is 19.7 Å². The van der Waals surface area contributed by atoms with Gasteiger partial charge in [0, 0.05) is 80.6 Å². The molecule has 0 bridgehead atoms. The van der Waals surface area contributed by atoms with E-state index in [2.05, 4.69) is 20.9 Å². The van der Waals surface area contributed by atoms with Crippen molar-refractivity contribution in [2.75, 3.05) is 45.5 Å². The van der Waals surface area contributed by atoms with Crippen LogP contribution in [0.25, 0.3) is 0 Å².